The zero-order valence-electron chi connectivity index (χ0n) is 14.5. The van der Waals surface area contributed by atoms with Crippen LogP contribution in [0, 0.1) is 0 Å². The number of aliphatic hydroxyl groups is 1. The molecule has 27 heavy (non-hydrogen) atoms. The summed E-state index contributed by atoms with van der Waals surface area (Å²) in [7, 11) is -2.73. The lowest BCUT2D eigenvalue weighted by atomic mass is 10.1. The van der Waals surface area contributed by atoms with Gasteiger partial charge < -0.3 is 5.11 Å². The first-order valence-electron chi connectivity index (χ1n) is 7.85. The zero-order valence-corrected chi connectivity index (χ0v) is 16.9. The molecular formula is C18H16BrN3O4S. The number of nitrogens with zero attached hydrogens (tertiary/aromatic N) is 2. The van der Waals surface area contributed by atoms with Crippen molar-refractivity contribution in [2.24, 2.45) is 5.10 Å². The lowest BCUT2D eigenvalue weighted by molar-refractivity contribution is -0.118. The van der Waals surface area contributed by atoms with Gasteiger partial charge in [-0.05, 0) is 36.8 Å². The van der Waals surface area contributed by atoms with Gasteiger partial charge in [0.25, 0.3) is 15.9 Å². The van der Waals surface area contributed by atoms with Crippen LogP contribution in [0.5, 0.6) is 0 Å². The molecule has 0 unspecified atom stereocenters. The number of fused-ring (bicyclic) bond motifs is 1. The second-order valence-electron chi connectivity index (χ2n) is 5.81. The number of benzene rings is 2. The summed E-state index contributed by atoms with van der Waals surface area (Å²) in [6.45, 7) is 1.70. The van der Waals surface area contributed by atoms with Gasteiger partial charge in [0.1, 0.15) is 0 Å². The number of hydrogen-bond donors (Lipinski definition) is 2. The summed E-state index contributed by atoms with van der Waals surface area (Å²) in [5.74, 6) is -1.25. The molecule has 9 heteroatoms. The van der Waals surface area contributed by atoms with Crippen LogP contribution in [0.3, 0.4) is 0 Å². The fourth-order valence-corrected chi connectivity index (χ4v) is 4.29. The van der Waals surface area contributed by atoms with Crippen LogP contribution < -0.4 is 5.43 Å². The first-order chi connectivity index (χ1) is 12.7. The third-order valence-corrected chi connectivity index (χ3v) is 6.47. The number of halogens is 1. The second-order valence-corrected chi connectivity index (χ2v) is 8.66. The van der Waals surface area contributed by atoms with Crippen LogP contribution >= 0.6 is 15.9 Å². The average Bonchev–Trinajstić information content (AvgIpc) is 2.65. The van der Waals surface area contributed by atoms with E-state index in [-0.39, 0.29) is 16.2 Å². The summed E-state index contributed by atoms with van der Waals surface area (Å²) in [6, 6.07) is 13.3. The minimum atomic E-state index is -3.94. The van der Waals surface area contributed by atoms with E-state index in [9.17, 15) is 18.3 Å². The fourth-order valence-electron chi connectivity index (χ4n) is 2.63. The molecule has 0 bridgehead atoms. The predicted molar refractivity (Wildman–Crippen MR) is 105 cm³/mol. The first-order valence-corrected chi connectivity index (χ1v) is 10.1. The minimum absolute atomic E-state index is 0.0592. The van der Waals surface area contributed by atoms with E-state index in [2.05, 4.69) is 26.5 Å². The van der Waals surface area contributed by atoms with Crippen molar-refractivity contribution in [1.82, 2.24) is 9.73 Å². The molecule has 2 aromatic carbocycles. The molecule has 0 saturated heterocycles. The number of sulfonamides is 1. The maximum Gasteiger partial charge on any atom is 0.292 e. The van der Waals surface area contributed by atoms with Crippen molar-refractivity contribution in [3.63, 3.8) is 0 Å². The number of carbonyl (C=O) groups is 1. The number of aliphatic hydroxyl groups excluding tert-OH is 1. The summed E-state index contributed by atoms with van der Waals surface area (Å²) < 4.78 is 26.9. The molecule has 0 atom stereocenters. The quantitative estimate of drug-likeness (QED) is 0.555. The molecule has 0 saturated carbocycles. The normalized spacial score (nSPS) is 16.1. The lowest BCUT2D eigenvalue weighted by Gasteiger charge is -2.27. The molecule has 0 aromatic heterocycles. The number of nitrogens with one attached hydrogen (secondary N) is 1. The molecule has 7 nitrogen and oxygen atoms in total. The number of hydrazone groups is 1. The topological polar surface area (TPSA) is 99.1 Å². The van der Waals surface area contributed by atoms with E-state index in [0.29, 0.717) is 5.71 Å². The van der Waals surface area contributed by atoms with Crippen LogP contribution in [-0.4, -0.2) is 36.5 Å². The average molecular weight is 450 g/mol. The maximum absolute atomic E-state index is 12.6. The standard InChI is InChI=1S/C18H16BrN3O4S/c1-11(12-7-9-13(19)10-8-12)20-21-18(24)16-17(23)14-5-3-4-6-15(14)27(25,26)22(16)2/h3-10,23H,1-2H3,(H,21,24)/b20-11+. The molecule has 0 fully saturated rings. The van der Waals surface area contributed by atoms with Crippen molar-refractivity contribution < 1.29 is 18.3 Å². The highest BCUT2D eigenvalue weighted by Crippen LogP contribution is 2.34. The predicted octanol–water partition coefficient (Wildman–Crippen LogP) is 2.85. The molecule has 0 spiro atoms. The zero-order chi connectivity index (χ0) is 19.8. The Morgan fingerprint density at radius 2 is 1.78 bits per heavy atom. The summed E-state index contributed by atoms with van der Waals surface area (Å²) in [6.07, 6.45) is 0. The van der Waals surface area contributed by atoms with Crippen LogP contribution in [0.2, 0.25) is 0 Å². The highest BCUT2D eigenvalue weighted by molar-refractivity contribution is 9.10. The van der Waals surface area contributed by atoms with E-state index in [1.165, 1.54) is 19.2 Å². The molecular weight excluding hydrogens is 434 g/mol. The molecule has 0 radical (unpaired) electrons. The van der Waals surface area contributed by atoms with Crippen LogP contribution in [0.1, 0.15) is 18.1 Å². The van der Waals surface area contributed by atoms with Crippen molar-refractivity contribution >= 4 is 43.3 Å². The summed E-state index contributed by atoms with van der Waals surface area (Å²) >= 11 is 3.34. The van der Waals surface area contributed by atoms with E-state index < -0.39 is 21.7 Å². The Kier molecular flexibility index (Phi) is 5.07. The Labute approximate surface area is 165 Å². The van der Waals surface area contributed by atoms with Gasteiger partial charge in [0, 0.05) is 17.1 Å². The fraction of sp³-hybridized carbons (Fsp3) is 0.111. The van der Waals surface area contributed by atoms with Gasteiger partial charge >= 0.3 is 0 Å². The maximum atomic E-state index is 12.6. The highest BCUT2D eigenvalue weighted by Gasteiger charge is 2.37. The van der Waals surface area contributed by atoms with Gasteiger partial charge in [0.15, 0.2) is 11.5 Å². The first kappa shape index (κ1) is 19.1. The Morgan fingerprint density at radius 3 is 2.44 bits per heavy atom. The molecule has 2 aromatic rings. The Morgan fingerprint density at radius 1 is 1.15 bits per heavy atom. The van der Waals surface area contributed by atoms with Crippen molar-refractivity contribution in [2.75, 3.05) is 7.05 Å². The van der Waals surface area contributed by atoms with Crippen LogP contribution in [0.15, 0.2) is 68.7 Å². The van der Waals surface area contributed by atoms with E-state index >= 15 is 0 Å². The smallest absolute Gasteiger partial charge is 0.292 e. The summed E-state index contributed by atoms with van der Waals surface area (Å²) in [5.41, 5.74) is 3.31. The van der Waals surface area contributed by atoms with E-state index in [1.807, 2.05) is 24.3 Å². The molecule has 2 N–H and O–H groups in total. The van der Waals surface area contributed by atoms with Gasteiger partial charge in [-0.25, -0.2) is 13.8 Å². The molecule has 1 heterocycles. The molecule has 0 aliphatic carbocycles. The SMILES string of the molecule is C/C(=N\NC(=O)C1=C(O)c2ccccc2S(=O)(=O)N1C)c1ccc(Br)cc1. The molecule has 1 amide bonds. The minimum Gasteiger partial charge on any atom is -0.505 e. The largest absolute Gasteiger partial charge is 0.505 e. The van der Waals surface area contributed by atoms with Crippen molar-refractivity contribution in [3.8, 4) is 0 Å². The number of amides is 1. The number of hydrogen-bond acceptors (Lipinski definition) is 5. The second kappa shape index (κ2) is 7.16. The van der Waals surface area contributed by atoms with Gasteiger partial charge in [-0.2, -0.15) is 5.10 Å². The van der Waals surface area contributed by atoms with Gasteiger partial charge in [-0.15, -0.1) is 0 Å². The van der Waals surface area contributed by atoms with E-state index in [4.69, 9.17) is 0 Å². The number of likely N-dealkylation sites (N-methyl/N-ethyl adjacent to an activating group) is 1. The number of rotatable bonds is 3. The summed E-state index contributed by atoms with van der Waals surface area (Å²) in [4.78, 5) is 12.5. The van der Waals surface area contributed by atoms with Gasteiger partial charge in [0.2, 0.25) is 0 Å². The molecule has 1 aliphatic rings. The van der Waals surface area contributed by atoms with E-state index in [0.717, 1.165) is 14.3 Å². The monoisotopic (exact) mass is 449 g/mol. The van der Waals surface area contributed by atoms with Gasteiger partial charge in [-0.1, -0.05) is 40.2 Å². The third-order valence-electron chi connectivity index (χ3n) is 4.12. The Balaban J connectivity index is 1.94. The van der Waals surface area contributed by atoms with Gasteiger partial charge in [-0.3, -0.25) is 9.10 Å². The van der Waals surface area contributed by atoms with Crippen LogP contribution in [-0.2, 0) is 14.8 Å². The summed E-state index contributed by atoms with van der Waals surface area (Å²) in [5, 5.41) is 14.5. The Hall–Kier alpha value is -2.65. The van der Waals surface area contributed by atoms with Crippen molar-refractivity contribution in [1.29, 1.82) is 0 Å². The van der Waals surface area contributed by atoms with Crippen molar-refractivity contribution in [2.45, 2.75) is 11.8 Å². The van der Waals surface area contributed by atoms with Gasteiger partial charge in [0.05, 0.1) is 10.6 Å². The molecule has 3 rings (SSSR count). The van der Waals surface area contributed by atoms with Crippen molar-refractivity contribution in [3.05, 3.63) is 69.8 Å². The van der Waals surface area contributed by atoms with Crippen LogP contribution in [0.25, 0.3) is 5.76 Å². The lowest BCUT2D eigenvalue weighted by Crippen LogP contribution is -2.38. The number of carbonyl (C=O) groups excluding carboxylic acids is 1. The van der Waals surface area contributed by atoms with Crippen LogP contribution in [0.4, 0.5) is 0 Å². The molecule has 1 aliphatic heterocycles. The Bertz CT molecular complexity index is 1080. The third kappa shape index (κ3) is 3.47. The highest BCUT2D eigenvalue weighted by atomic mass is 79.9. The van der Waals surface area contributed by atoms with E-state index in [1.54, 1.807) is 19.1 Å². The molecule has 140 valence electrons.